The van der Waals surface area contributed by atoms with Crippen molar-refractivity contribution in [1.29, 1.82) is 0 Å². The molecular formula is C24H30N4O2S2. The fourth-order valence-corrected chi connectivity index (χ4v) is 4.93. The number of aryl methyl sites for hydroxylation is 1. The maximum atomic E-state index is 12.8. The molecule has 1 aliphatic rings. The Morgan fingerprint density at radius 1 is 1.25 bits per heavy atom. The Morgan fingerprint density at radius 2 is 2.09 bits per heavy atom. The van der Waals surface area contributed by atoms with Crippen LogP contribution in [0, 0.1) is 6.92 Å². The number of benzene rings is 1. The number of thiophene rings is 1. The SMILES string of the molecule is Cc1cccc2cc(CN(Cc3cccs3)C(=S)NCCCN3CCOCC3)c(=O)[nH]c12. The van der Waals surface area contributed by atoms with E-state index in [2.05, 4.69) is 31.5 Å². The summed E-state index contributed by atoms with van der Waals surface area (Å²) >= 11 is 7.45. The second-order valence-corrected chi connectivity index (χ2v) is 9.56. The highest BCUT2D eigenvalue weighted by Gasteiger charge is 2.15. The van der Waals surface area contributed by atoms with E-state index in [9.17, 15) is 4.79 Å². The molecule has 6 nitrogen and oxygen atoms in total. The molecule has 0 bridgehead atoms. The number of aromatic amines is 1. The second kappa shape index (κ2) is 11.0. The zero-order chi connectivity index (χ0) is 22.3. The highest BCUT2D eigenvalue weighted by atomic mass is 32.1. The maximum absolute atomic E-state index is 12.8. The summed E-state index contributed by atoms with van der Waals surface area (Å²) in [6, 6.07) is 12.2. The number of nitrogens with one attached hydrogen (secondary N) is 2. The number of morpholine rings is 1. The molecule has 0 saturated carbocycles. The van der Waals surface area contributed by atoms with Crippen molar-refractivity contribution in [2.45, 2.75) is 26.4 Å². The van der Waals surface area contributed by atoms with Gasteiger partial charge in [0.05, 0.1) is 31.8 Å². The Morgan fingerprint density at radius 3 is 2.88 bits per heavy atom. The molecular weight excluding hydrogens is 440 g/mol. The van der Waals surface area contributed by atoms with Crippen LogP contribution in [0.25, 0.3) is 10.9 Å². The molecule has 0 atom stereocenters. The standard InChI is InChI=1S/C24H30N4O2S2/c1-18-5-2-6-19-15-20(23(29)26-22(18)19)16-28(17-21-7-3-14-32-21)24(31)25-8-4-9-27-10-12-30-13-11-27/h2-3,5-7,14-15H,4,8-13,16-17H2,1H3,(H,25,31)(H,26,29). The highest BCUT2D eigenvalue weighted by Crippen LogP contribution is 2.18. The molecule has 3 aromatic rings. The van der Waals surface area contributed by atoms with Gasteiger partial charge in [0.25, 0.3) is 5.56 Å². The summed E-state index contributed by atoms with van der Waals surface area (Å²) in [6.07, 6.45) is 1.02. The largest absolute Gasteiger partial charge is 0.379 e. The molecule has 0 spiro atoms. The fraction of sp³-hybridized carbons (Fsp3) is 0.417. The first-order valence-electron chi connectivity index (χ1n) is 11.1. The topological polar surface area (TPSA) is 60.6 Å². The van der Waals surface area contributed by atoms with Crippen LogP contribution in [0.4, 0.5) is 0 Å². The molecule has 1 aromatic carbocycles. The Balaban J connectivity index is 1.43. The molecule has 0 aliphatic carbocycles. The Hall–Kier alpha value is -2.26. The van der Waals surface area contributed by atoms with Crippen molar-refractivity contribution in [3.8, 4) is 0 Å². The van der Waals surface area contributed by atoms with Crippen molar-refractivity contribution >= 4 is 39.6 Å². The first-order chi connectivity index (χ1) is 15.6. The second-order valence-electron chi connectivity index (χ2n) is 8.14. The summed E-state index contributed by atoms with van der Waals surface area (Å²) in [4.78, 5) is 21.6. The van der Waals surface area contributed by atoms with Crippen molar-refractivity contribution in [3.63, 3.8) is 0 Å². The Labute approximate surface area is 198 Å². The van der Waals surface area contributed by atoms with E-state index in [1.54, 1.807) is 11.3 Å². The van der Waals surface area contributed by atoms with Crippen molar-refractivity contribution in [2.75, 3.05) is 39.4 Å². The number of nitrogens with zero attached hydrogens (tertiary/aromatic N) is 2. The van der Waals surface area contributed by atoms with Crippen LogP contribution in [-0.4, -0.2) is 59.3 Å². The van der Waals surface area contributed by atoms with Gasteiger partial charge in [-0.3, -0.25) is 9.69 Å². The number of ether oxygens (including phenoxy) is 1. The van der Waals surface area contributed by atoms with Gasteiger partial charge < -0.3 is 19.9 Å². The van der Waals surface area contributed by atoms with Gasteiger partial charge in [0.1, 0.15) is 0 Å². The summed E-state index contributed by atoms with van der Waals surface area (Å²) in [5, 5.41) is 7.21. The van der Waals surface area contributed by atoms with E-state index in [-0.39, 0.29) is 5.56 Å². The van der Waals surface area contributed by atoms with Crippen molar-refractivity contribution < 1.29 is 4.74 Å². The maximum Gasteiger partial charge on any atom is 0.253 e. The number of para-hydroxylation sites is 1. The van der Waals surface area contributed by atoms with Gasteiger partial charge in [-0.05, 0) is 60.6 Å². The monoisotopic (exact) mass is 470 g/mol. The molecule has 1 aliphatic heterocycles. The van der Waals surface area contributed by atoms with Crippen LogP contribution in [-0.2, 0) is 17.8 Å². The molecule has 4 rings (SSSR count). The number of rotatable bonds is 8. The zero-order valence-corrected chi connectivity index (χ0v) is 20.1. The molecule has 3 heterocycles. The van der Waals surface area contributed by atoms with Gasteiger partial charge in [-0.25, -0.2) is 0 Å². The first-order valence-corrected chi connectivity index (χ1v) is 12.4. The molecule has 32 heavy (non-hydrogen) atoms. The predicted molar refractivity (Wildman–Crippen MR) is 135 cm³/mol. The third kappa shape index (κ3) is 5.95. The fourth-order valence-electron chi connectivity index (χ4n) is 3.98. The molecule has 0 amide bonds. The van der Waals surface area contributed by atoms with E-state index in [4.69, 9.17) is 17.0 Å². The summed E-state index contributed by atoms with van der Waals surface area (Å²) in [7, 11) is 0. The van der Waals surface area contributed by atoms with Crippen LogP contribution in [0.3, 0.4) is 0 Å². The lowest BCUT2D eigenvalue weighted by molar-refractivity contribution is 0.0376. The summed E-state index contributed by atoms with van der Waals surface area (Å²) in [5.41, 5.74) is 2.63. The molecule has 2 aromatic heterocycles. The van der Waals surface area contributed by atoms with Crippen molar-refractivity contribution in [1.82, 2.24) is 20.1 Å². The van der Waals surface area contributed by atoms with Crippen LogP contribution < -0.4 is 10.9 Å². The van der Waals surface area contributed by atoms with Crippen LogP contribution in [0.5, 0.6) is 0 Å². The van der Waals surface area contributed by atoms with Gasteiger partial charge in [-0.2, -0.15) is 0 Å². The first kappa shape index (κ1) is 22.9. The molecule has 0 radical (unpaired) electrons. The minimum atomic E-state index is -0.0573. The van der Waals surface area contributed by atoms with E-state index in [0.717, 1.165) is 67.8 Å². The van der Waals surface area contributed by atoms with Gasteiger partial charge in [-0.1, -0.05) is 24.3 Å². The number of thiocarbonyl (C=S) groups is 1. The third-order valence-corrected chi connectivity index (χ3v) is 7.03. The van der Waals surface area contributed by atoms with Gasteiger partial charge in [0, 0.05) is 30.1 Å². The smallest absolute Gasteiger partial charge is 0.253 e. The van der Waals surface area contributed by atoms with Gasteiger partial charge >= 0.3 is 0 Å². The lowest BCUT2D eigenvalue weighted by Crippen LogP contribution is -2.41. The van der Waals surface area contributed by atoms with Crippen molar-refractivity contribution in [3.05, 3.63) is 68.1 Å². The van der Waals surface area contributed by atoms with Crippen molar-refractivity contribution in [2.24, 2.45) is 0 Å². The number of pyridine rings is 1. The van der Waals surface area contributed by atoms with E-state index in [0.29, 0.717) is 18.2 Å². The minimum Gasteiger partial charge on any atom is -0.379 e. The van der Waals surface area contributed by atoms with Crippen LogP contribution in [0.2, 0.25) is 0 Å². The highest BCUT2D eigenvalue weighted by molar-refractivity contribution is 7.80. The quantitative estimate of drug-likeness (QED) is 0.388. The number of fused-ring (bicyclic) bond motifs is 1. The number of aromatic nitrogens is 1. The van der Waals surface area contributed by atoms with E-state index >= 15 is 0 Å². The number of hydrogen-bond acceptors (Lipinski definition) is 5. The Kier molecular flexibility index (Phi) is 7.91. The number of hydrogen-bond donors (Lipinski definition) is 2. The summed E-state index contributed by atoms with van der Waals surface area (Å²) in [5.74, 6) is 0. The molecule has 8 heteroatoms. The van der Waals surface area contributed by atoms with E-state index in [1.165, 1.54) is 4.88 Å². The van der Waals surface area contributed by atoms with Gasteiger partial charge in [0.15, 0.2) is 5.11 Å². The van der Waals surface area contributed by atoms with Crippen LogP contribution in [0.15, 0.2) is 46.6 Å². The summed E-state index contributed by atoms with van der Waals surface area (Å²) < 4.78 is 5.41. The van der Waals surface area contributed by atoms with Crippen LogP contribution >= 0.6 is 23.6 Å². The minimum absolute atomic E-state index is 0.0573. The van der Waals surface area contributed by atoms with E-state index in [1.807, 2.05) is 37.3 Å². The lowest BCUT2D eigenvalue weighted by atomic mass is 10.1. The molecule has 1 fully saturated rings. The van der Waals surface area contributed by atoms with Crippen LogP contribution in [0.1, 0.15) is 22.4 Å². The number of H-pyrrole nitrogens is 1. The normalized spacial score (nSPS) is 14.5. The average molecular weight is 471 g/mol. The average Bonchev–Trinajstić information content (AvgIpc) is 3.31. The third-order valence-electron chi connectivity index (χ3n) is 5.77. The Bertz CT molecular complexity index is 1090. The molecule has 170 valence electrons. The van der Waals surface area contributed by atoms with Gasteiger partial charge in [-0.15, -0.1) is 11.3 Å². The molecule has 2 N–H and O–H groups in total. The molecule has 0 unspecified atom stereocenters. The summed E-state index contributed by atoms with van der Waals surface area (Å²) in [6.45, 7) is 8.64. The molecule has 1 saturated heterocycles. The zero-order valence-electron chi connectivity index (χ0n) is 18.4. The lowest BCUT2D eigenvalue weighted by Gasteiger charge is -2.28. The van der Waals surface area contributed by atoms with Gasteiger partial charge in [0.2, 0.25) is 0 Å². The predicted octanol–water partition coefficient (Wildman–Crippen LogP) is 3.50. The van der Waals surface area contributed by atoms with E-state index < -0.39 is 0 Å².